The maximum absolute atomic E-state index is 13.8. The van der Waals surface area contributed by atoms with Gasteiger partial charge in [0.1, 0.15) is 5.82 Å². The second kappa shape index (κ2) is 6.79. The van der Waals surface area contributed by atoms with Crippen LogP contribution < -0.4 is 5.32 Å². The van der Waals surface area contributed by atoms with Crippen molar-refractivity contribution in [1.29, 1.82) is 0 Å². The summed E-state index contributed by atoms with van der Waals surface area (Å²) in [6, 6.07) is 0.845. The van der Waals surface area contributed by atoms with Crippen LogP contribution in [-0.4, -0.2) is 22.7 Å². The lowest BCUT2D eigenvalue weighted by molar-refractivity contribution is -0.0283. The predicted octanol–water partition coefficient (Wildman–Crippen LogP) is 4.66. The first-order chi connectivity index (χ1) is 11.6. The van der Waals surface area contributed by atoms with Gasteiger partial charge in [0.2, 0.25) is 0 Å². The molecule has 0 unspecified atom stereocenters. The Kier molecular flexibility index (Phi) is 5.12. The SMILES string of the molecule is O=C(O)c1cc(F)c(F)c(F)c1Nc1ncc(C(F)(F)CF)cc1Cl. The fraction of sp³-hybridized carbons (Fsp3) is 0.143. The number of nitrogens with zero attached hydrogens (tertiary/aromatic N) is 1. The summed E-state index contributed by atoms with van der Waals surface area (Å²) in [5, 5.41) is 10.4. The number of anilines is 2. The third-order valence-electron chi connectivity index (χ3n) is 3.07. The molecule has 0 radical (unpaired) electrons. The molecule has 11 heteroatoms. The van der Waals surface area contributed by atoms with Crippen LogP contribution in [0.25, 0.3) is 0 Å². The van der Waals surface area contributed by atoms with Gasteiger partial charge in [0.05, 0.1) is 16.3 Å². The molecule has 2 N–H and O–H groups in total. The molecule has 0 fully saturated rings. The molecule has 1 aromatic heterocycles. The molecular formula is C14H7ClF6N2O2. The molecule has 0 aliphatic rings. The molecule has 25 heavy (non-hydrogen) atoms. The van der Waals surface area contributed by atoms with E-state index in [-0.39, 0.29) is 6.07 Å². The number of alkyl halides is 3. The summed E-state index contributed by atoms with van der Waals surface area (Å²) in [6.45, 7) is -2.02. The number of carbonyl (C=O) groups is 1. The fourth-order valence-corrected chi connectivity index (χ4v) is 2.03. The van der Waals surface area contributed by atoms with Gasteiger partial charge >= 0.3 is 11.9 Å². The van der Waals surface area contributed by atoms with Crippen molar-refractivity contribution < 1.29 is 36.2 Å². The van der Waals surface area contributed by atoms with Crippen molar-refractivity contribution in [3.8, 4) is 0 Å². The first kappa shape index (κ1) is 18.8. The Morgan fingerprint density at radius 1 is 1.24 bits per heavy atom. The molecule has 2 rings (SSSR count). The van der Waals surface area contributed by atoms with Gasteiger partial charge in [0.15, 0.2) is 24.1 Å². The Balaban J connectivity index is 2.51. The summed E-state index contributed by atoms with van der Waals surface area (Å²) >= 11 is 5.68. The van der Waals surface area contributed by atoms with E-state index in [0.29, 0.717) is 12.3 Å². The van der Waals surface area contributed by atoms with Gasteiger partial charge in [-0.25, -0.2) is 27.3 Å². The van der Waals surface area contributed by atoms with Crippen LogP contribution in [-0.2, 0) is 5.92 Å². The number of hydrogen-bond donors (Lipinski definition) is 2. The van der Waals surface area contributed by atoms with Gasteiger partial charge in [-0.05, 0) is 12.1 Å². The van der Waals surface area contributed by atoms with E-state index in [1.807, 2.05) is 5.32 Å². The van der Waals surface area contributed by atoms with Crippen LogP contribution in [0.1, 0.15) is 15.9 Å². The van der Waals surface area contributed by atoms with Gasteiger partial charge in [-0.1, -0.05) is 11.6 Å². The number of pyridine rings is 1. The zero-order valence-corrected chi connectivity index (χ0v) is 12.6. The van der Waals surface area contributed by atoms with Crippen molar-refractivity contribution in [2.24, 2.45) is 0 Å². The van der Waals surface area contributed by atoms with E-state index in [2.05, 4.69) is 4.98 Å². The second-order valence-electron chi connectivity index (χ2n) is 4.73. The highest BCUT2D eigenvalue weighted by molar-refractivity contribution is 6.33. The third kappa shape index (κ3) is 3.63. The molecule has 0 spiro atoms. The third-order valence-corrected chi connectivity index (χ3v) is 3.36. The Bertz CT molecular complexity index is 847. The molecule has 0 saturated carbocycles. The van der Waals surface area contributed by atoms with Crippen LogP contribution in [0.3, 0.4) is 0 Å². The normalized spacial score (nSPS) is 11.5. The van der Waals surface area contributed by atoms with E-state index in [4.69, 9.17) is 16.7 Å². The molecule has 1 aromatic carbocycles. The quantitative estimate of drug-likeness (QED) is 0.581. The van der Waals surface area contributed by atoms with Gasteiger partial charge < -0.3 is 10.4 Å². The number of aromatic carboxylic acids is 1. The zero-order chi connectivity index (χ0) is 18.9. The molecule has 0 amide bonds. The number of benzene rings is 1. The summed E-state index contributed by atoms with van der Waals surface area (Å²) in [6.07, 6.45) is 0.520. The summed E-state index contributed by atoms with van der Waals surface area (Å²) in [5.74, 6) is -11.7. The fourth-order valence-electron chi connectivity index (χ4n) is 1.81. The Labute approximate surface area is 141 Å². The molecule has 0 aliphatic carbocycles. The monoisotopic (exact) mass is 384 g/mol. The lowest BCUT2D eigenvalue weighted by Crippen LogP contribution is -2.16. The van der Waals surface area contributed by atoms with E-state index < -0.39 is 63.7 Å². The van der Waals surface area contributed by atoms with Gasteiger partial charge in [0.25, 0.3) is 0 Å². The van der Waals surface area contributed by atoms with E-state index in [1.165, 1.54) is 0 Å². The van der Waals surface area contributed by atoms with Crippen LogP contribution in [0.15, 0.2) is 18.3 Å². The van der Waals surface area contributed by atoms with Crippen LogP contribution in [0.4, 0.5) is 37.8 Å². The number of rotatable bonds is 5. The molecular weight excluding hydrogens is 378 g/mol. The van der Waals surface area contributed by atoms with E-state index in [9.17, 15) is 31.1 Å². The number of nitrogens with one attached hydrogen (secondary N) is 1. The molecule has 4 nitrogen and oxygen atoms in total. The zero-order valence-electron chi connectivity index (χ0n) is 11.9. The molecule has 134 valence electrons. The Hall–Kier alpha value is -2.49. The number of aromatic nitrogens is 1. The van der Waals surface area contributed by atoms with E-state index >= 15 is 0 Å². The highest BCUT2D eigenvalue weighted by atomic mass is 35.5. The smallest absolute Gasteiger partial charge is 0.338 e. The average molecular weight is 385 g/mol. The molecule has 1 heterocycles. The van der Waals surface area contributed by atoms with Crippen LogP contribution in [0, 0.1) is 17.5 Å². The molecule has 2 aromatic rings. The van der Waals surface area contributed by atoms with Crippen LogP contribution >= 0.6 is 11.6 Å². The Morgan fingerprint density at radius 3 is 2.40 bits per heavy atom. The minimum absolute atomic E-state index is 0.225. The summed E-state index contributed by atoms with van der Waals surface area (Å²) in [7, 11) is 0. The van der Waals surface area contributed by atoms with Gasteiger partial charge in [-0.2, -0.15) is 8.78 Å². The lowest BCUT2D eigenvalue weighted by atomic mass is 10.1. The van der Waals surface area contributed by atoms with Crippen molar-refractivity contribution in [3.05, 3.63) is 51.9 Å². The van der Waals surface area contributed by atoms with Crippen molar-refractivity contribution in [2.75, 3.05) is 12.0 Å². The van der Waals surface area contributed by atoms with Crippen LogP contribution in [0.2, 0.25) is 5.02 Å². The molecule has 0 aliphatic heterocycles. The highest BCUT2D eigenvalue weighted by Gasteiger charge is 2.33. The molecule has 0 saturated heterocycles. The van der Waals surface area contributed by atoms with E-state index in [0.717, 1.165) is 0 Å². The number of carboxylic acids is 1. The van der Waals surface area contributed by atoms with Crippen molar-refractivity contribution in [1.82, 2.24) is 4.98 Å². The first-order valence-electron chi connectivity index (χ1n) is 6.36. The largest absolute Gasteiger partial charge is 0.478 e. The number of hydrogen-bond acceptors (Lipinski definition) is 3. The van der Waals surface area contributed by atoms with Gasteiger partial charge in [0, 0.05) is 11.8 Å². The first-order valence-corrected chi connectivity index (χ1v) is 6.74. The maximum atomic E-state index is 13.8. The van der Waals surface area contributed by atoms with Gasteiger partial charge in [-0.3, -0.25) is 0 Å². The molecule has 0 bridgehead atoms. The lowest BCUT2D eigenvalue weighted by Gasteiger charge is -2.15. The van der Waals surface area contributed by atoms with Crippen LogP contribution in [0.5, 0.6) is 0 Å². The summed E-state index contributed by atoms with van der Waals surface area (Å²) in [4.78, 5) is 14.5. The highest BCUT2D eigenvalue weighted by Crippen LogP contribution is 2.34. The Morgan fingerprint density at radius 2 is 1.88 bits per heavy atom. The van der Waals surface area contributed by atoms with Crippen molar-refractivity contribution in [3.63, 3.8) is 0 Å². The number of halogens is 7. The predicted molar refractivity (Wildman–Crippen MR) is 75.7 cm³/mol. The van der Waals surface area contributed by atoms with Gasteiger partial charge in [-0.15, -0.1) is 0 Å². The van der Waals surface area contributed by atoms with Crippen molar-refractivity contribution in [2.45, 2.75) is 5.92 Å². The summed E-state index contributed by atoms with van der Waals surface area (Å²) < 4.78 is 79.1. The standard InChI is InChI=1S/C14H7ClF6N2O2/c15-7-1-5(14(20,21)4-16)3-22-12(7)23-11-6(13(24)25)2-8(17)9(18)10(11)19/h1-3H,4H2,(H,22,23)(H,24,25). The average Bonchev–Trinajstić information content (AvgIpc) is 2.56. The minimum Gasteiger partial charge on any atom is -0.478 e. The molecule has 0 atom stereocenters. The topological polar surface area (TPSA) is 62.2 Å². The van der Waals surface area contributed by atoms with E-state index in [1.54, 1.807) is 0 Å². The summed E-state index contributed by atoms with van der Waals surface area (Å²) in [5.41, 5.74) is -2.87. The second-order valence-corrected chi connectivity index (χ2v) is 5.14. The maximum Gasteiger partial charge on any atom is 0.338 e. The minimum atomic E-state index is -3.87. The number of carboxylic acid groups (broad SMARTS) is 1. The van der Waals surface area contributed by atoms with Crippen molar-refractivity contribution >= 4 is 29.1 Å².